The number of carboxylic acids is 1. The molecule has 5 nitrogen and oxygen atoms in total. The Labute approximate surface area is 109 Å². The molecule has 0 saturated heterocycles. The fourth-order valence-corrected chi connectivity index (χ4v) is 1.42. The summed E-state index contributed by atoms with van der Waals surface area (Å²) in [5.41, 5.74) is -1.88. The van der Waals surface area contributed by atoms with E-state index in [1.54, 1.807) is 27.7 Å². The molecular formula is C13H26N2O3. The van der Waals surface area contributed by atoms with Crippen LogP contribution in [0.2, 0.25) is 0 Å². The maximum Gasteiger partial charge on any atom is 0.315 e. The van der Waals surface area contributed by atoms with Crippen LogP contribution in [-0.4, -0.2) is 28.7 Å². The van der Waals surface area contributed by atoms with Gasteiger partial charge in [-0.05, 0) is 40.5 Å². The van der Waals surface area contributed by atoms with Crippen molar-refractivity contribution in [1.82, 2.24) is 10.6 Å². The van der Waals surface area contributed by atoms with E-state index in [-0.39, 0.29) is 12.1 Å². The molecule has 18 heavy (non-hydrogen) atoms. The lowest BCUT2D eigenvalue weighted by atomic mass is 9.74. The van der Waals surface area contributed by atoms with Crippen molar-refractivity contribution in [2.75, 3.05) is 0 Å². The van der Waals surface area contributed by atoms with Gasteiger partial charge in [-0.15, -0.1) is 0 Å². The minimum absolute atomic E-state index is 0.119. The summed E-state index contributed by atoms with van der Waals surface area (Å²) in [5.74, 6) is -0.935. The molecule has 5 heteroatoms. The first kappa shape index (κ1) is 16.7. The van der Waals surface area contributed by atoms with Gasteiger partial charge in [0.2, 0.25) is 0 Å². The highest BCUT2D eigenvalue weighted by Crippen LogP contribution is 2.30. The molecule has 0 aliphatic rings. The normalized spacial score (nSPS) is 12.4. The van der Waals surface area contributed by atoms with E-state index in [0.717, 1.165) is 12.8 Å². The summed E-state index contributed by atoms with van der Waals surface area (Å²) >= 11 is 0. The number of carboxylic acid groups (broad SMARTS) is 1. The van der Waals surface area contributed by atoms with Gasteiger partial charge in [0, 0.05) is 6.04 Å². The van der Waals surface area contributed by atoms with Crippen molar-refractivity contribution in [3.8, 4) is 0 Å². The zero-order chi connectivity index (χ0) is 14.6. The van der Waals surface area contributed by atoms with Crippen LogP contribution in [0.5, 0.6) is 0 Å². The summed E-state index contributed by atoms with van der Waals surface area (Å²) in [7, 11) is 0. The summed E-state index contributed by atoms with van der Waals surface area (Å²) in [6, 6.07) is -0.197. The lowest BCUT2D eigenvalue weighted by molar-refractivity contribution is -0.150. The largest absolute Gasteiger partial charge is 0.481 e. The fourth-order valence-electron chi connectivity index (χ4n) is 1.42. The molecule has 0 aliphatic carbocycles. The van der Waals surface area contributed by atoms with Gasteiger partial charge >= 0.3 is 12.0 Å². The number of urea groups is 1. The molecule has 0 spiro atoms. The summed E-state index contributed by atoms with van der Waals surface area (Å²) in [5, 5.41) is 14.8. The van der Waals surface area contributed by atoms with Gasteiger partial charge in [0.05, 0.1) is 11.0 Å². The Bertz CT molecular complexity index is 307. The van der Waals surface area contributed by atoms with Gasteiger partial charge in [-0.3, -0.25) is 4.79 Å². The van der Waals surface area contributed by atoms with E-state index in [0.29, 0.717) is 0 Å². The summed E-state index contributed by atoms with van der Waals surface area (Å²) in [6.07, 6.45) is 1.71. The van der Waals surface area contributed by atoms with Crippen molar-refractivity contribution < 1.29 is 14.7 Å². The third-order valence-electron chi connectivity index (χ3n) is 3.84. The van der Waals surface area contributed by atoms with E-state index in [1.807, 2.05) is 13.8 Å². The van der Waals surface area contributed by atoms with Gasteiger partial charge in [-0.25, -0.2) is 4.79 Å². The average Bonchev–Trinajstić information content (AvgIpc) is 2.24. The second-order valence-electron chi connectivity index (χ2n) is 5.67. The average molecular weight is 258 g/mol. The van der Waals surface area contributed by atoms with Gasteiger partial charge in [0.15, 0.2) is 0 Å². The Morgan fingerprint density at radius 3 is 1.89 bits per heavy atom. The van der Waals surface area contributed by atoms with E-state index in [4.69, 9.17) is 0 Å². The van der Waals surface area contributed by atoms with Crippen LogP contribution in [0.15, 0.2) is 0 Å². The Balaban J connectivity index is 4.68. The molecule has 0 heterocycles. The third kappa shape index (κ3) is 3.89. The van der Waals surface area contributed by atoms with Crippen LogP contribution in [-0.2, 0) is 4.79 Å². The van der Waals surface area contributed by atoms with E-state index in [1.165, 1.54) is 0 Å². The molecule has 0 bridgehead atoms. The lowest BCUT2D eigenvalue weighted by Gasteiger charge is -2.39. The molecular weight excluding hydrogens is 232 g/mol. The maximum atomic E-state index is 11.8. The number of hydrogen-bond donors (Lipinski definition) is 3. The molecule has 0 aromatic rings. The first-order valence-corrected chi connectivity index (χ1v) is 6.40. The smallest absolute Gasteiger partial charge is 0.315 e. The number of nitrogens with one attached hydrogen (secondary N) is 2. The first-order valence-electron chi connectivity index (χ1n) is 6.40. The van der Waals surface area contributed by atoms with Gasteiger partial charge in [0.25, 0.3) is 0 Å². The highest BCUT2D eigenvalue weighted by molar-refractivity contribution is 5.79. The van der Waals surface area contributed by atoms with Crippen LogP contribution < -0.4 is 10.6 Å². The molecule has 0 aliphatic heterocycles. The minimum Gasteiger partial charge on any atom is -0.481 e. The highest BCUT2D eigenvalue weighted by Gasteiger charge is 2.44. The number of rotatable bonds is 6. The van der Waals surface area contributed by atoms with Crippen LogP contribution in [0, 0.1) is 5.41 Å². The minimum atomic E-state index is -1.04. The second-order valence-corrected chi connectivity index (χ2v) is 5.67. The van der Waals surface area contributed by atoms with Crippen molar-refractivity contribution in [2.45, 2.75) is 66.0 Å². The van der Waals surface area contributed by atoms with Crippen LogP contribution in [0.3, 0.4) is 0 Å². The Kier molecular flexibility index (Phi) is 5.64. The summed E-state index contributed by atoms with van der Waals surface area (Å²) < 4.78 is 0. The standard InChI is InChI=1S/C13H26N2O3/c1-7-9(8-2)14-11(18)15-13(5,6)12(3,4)10(16)17/h9H,7-8H2,1-6H3,(H,16,17)(H2,14,15,18). The molecule has 0 unspecified atom stereocenters. The van der Waals surface area contributed by atoms with Crippen molar-refractivity contribution in [3.63, 3.8) is 0 Å². The molecule has 0 saturated carbocycles. The molecule has 0 aromatic heterocycles. The lowest BCUT2D eigenvalue weighted by Crippen LogP contribution is -2.59. The van der Waals surface area contributed by atoms with E-state index in [9.17, 15) is 14.7 Å². The number of carbonyl (C=O) groups excluding carboxylic acids is 1. The van der Waals surface area contributed by atoms with Crippen molar-refractivity contribution in [3.05, 3.63) is 0 Å². The molecule has 0 rings (SSSR count). The fraction of sp³-hybridized carbons (Fsp3) is 0.846. The number of aliphatic carboxylic acids is 1. The van der Waals surface area contributed by atoms with Crippen LogP contribution >= 0.6 is 0 Å². The zero-order valence-electron chi connectivity index (χ0n) is 12.3. The van der Waals surface area contributed by atoms with Gasteiger partial charge in [0.1, 0.15) is 0 Å². The molecule has 106 valence electrons. The molecule has 0 atom stereocenters. The predicted octanol–water partition coefficient (Wildman–Crippen LogP) is 2.36. The number of carbonyl (C=O) groups is 2. The molecule has 3 N–H and O–H groups in total. The van der Waals surface area contributed by atoms with E-state index < -0.39 is 16.9 Å². The molecule has 0 fully saturated rings. The third-order valence-corrected chi connectivity index (χ3v) is 3.84. The van der Waals surface area contributed by atoms with Gasteiger partial charge in [-0.1, -0.05) is 13.8 Å². The van der Waals surface area contributed by atoms with Crippen molar-refractivity contribution >= 4 is 12.0 Å². The quantitative estimate of drug-likeness (QED) is 0.684. The van der Waals surface area contributed by atoms with Crippen LogP contribution in [0.25, 0.3) is 0 Å². The Morgan fingerprint density at radius 1 is 1.11 bits per heavy atom. The topological polar surface area (TPSA) is 78.4 Å². The zero-order valence-corrected chi connectivity index (χ0v) is 12.3. The monoisotopic (exact) mass is 258 g/mol. The van der Waals surface area contributed by atoms with Crippen molar-refractivity contribution in [1.29, 1.82) is 0 Å². The second kappa shape index (κ2) is 6.07. The Hall–Kier alpha value is -1.26. The SMILES string of the molecule is CCC(CC)NC(=O)NC(C)(C)C(C)(C)C(=O)O. The van der Waals surface area contributed by atoms with E-state index >= 15 is 0 Å². The van der Waals surface area contributed by atoms with Crippen LogP contribution in [0.4, 0.5) is 4.79 Å². The number of amides is 2. The Morgan fingerprint density at radius 2 is 1.56 bits per heavy atom. The maximum absolute atomic E-state index is 11.8. The van der Waals surface area contributed by atoms with Crippen molar-refractivity contribution in [2.24, 2.45) is 5.41 Å². The first-order chi connectivity index (χ1) is 8.08. The number of hydrogen-bond acceptors (Lipinski definition) is 2. The molecule has 0 radical (unpaired) electrons. The molecule has 0 aromatic carbocycles. The molecule has 2 amide bonds. The van der Waals surface area contributed by atoms with Gasteiger partial charge in [-0.2, -0.15) is 0 Å². The van der Waals surface area contributed by atoms with Gasteiger partial charge < -0.3 is 15.7 Å². The summed E-state index contributed by atoms with van der Waals surface area (Å²) in [6.45, 7) is 10.6. The summed E-state index contributed by atoms with van der Waals surface area (Å²) in [4.78, 5) is 23.1. The predicted molar refractivity (Wildman–Crippen MR) is 71.5 cm³/mol. The highest BCUT2D eigenvalue weighted by atomic mass is 16.4. The van der Waals surface area contributed by atoms with E-state index in [2.05, 4.69) is 10.6 Å². The van der Waals surface area contributed by atoms with Crippen LogP contribution in [0.1, 0.15) is 54.4 Å².